The number of benzene rings is 1. The Bertz CT molecular complexity index is 590. The summed E-state index contributed by atoms with van der Waals surface area (Å²) < 4.78 is 5.29. The van der Waals surface area contributed by atoms with Crippen molar-refractivity contribution >= 4 is 0 Å². The van der Waals surface area contributed by atoms with Gasteiger partial charge in [-0.25, -0.2) is 4.98 Å². The van der Waals surface area contributed by atoms with E-state index >= 15 is 0 Å². The molecule has 0 amide bonds. The van der Waals surface area contributed by atoms with E-state index in [1.165, 1.54) is 6.07 Å². The number of aromatic nitrogens is 2. The van der Waals surface area contributed by atoms with E-state index in [-0.39, 0.29) is 5.56 Å². The Kier molecular flexibility index (Phi) is 3.77. The second kappa shape index (κ2) is 5.49. The van der Waals surface area contributed by atoms with Crippen LogP contribution in [0.25, 0.3) is 11.3 Å². The third-order valence-corrected chi connectivity index (χ3v) is 2.66. The Hall–Kier alpha value is -2.10. The predicted molar refractivity (Wildman–Crippen MR) is 70.8 cm³/mol. The van der Waals surface area contributed by atoms with Gasteiger partial charge in [0.05, 0.1) is 12.8 Å². The normalized spacial score (nSPS) is 10.3. The van der Waals surface area contributed by atoms with Crippen molar-refractivity contribution < 1.29 is 4.74 Å². The van der Waals surface area contributed by atoms with Crippen LogP contribution in [0.5, 0.6) is 5.75 Å². The number of ether oxygens (including phenoxy) is 1. The molecule has 0 aliphatic carbocycles. The van der Waals surface area contributed by atoms with Crippen molar-refractivity contribution in [3.63, 3.8) is 0 Å². The minimum absolute atomic E-state index is 0.130. The number of hydrogen-bond donors (Lipinski definition) is 1. The SMILES string of the molecule is CCCc1nc(-c2ccccc2OC)cc(=O)[nH]1. The number of aryl methyl sites for hydroxylation is 1. The number of methoxy groups -OCH3 is 1. The van der Waals surface area contributed by atoms with Crippen molar-refractivity contribution in [2.75, 3.05) is 7.11 Å². The number of nitrogens with one attached hydrogen (secondary N) is 1. The highest BCUT2D eigenvalue weighted by molar-refractivity contribution is 5.66. The van der Waals surface area contributed by atoms with Gasteiger partial charge in [-0.15, -0.1) is 0 Å². The fourth-order valence-corrected chi connectivity index (χ4v) is 1.86. The van der Waals surface area contributed by atoms with E-state index in [2.05, 4.69) is 16.9 Å². The van der Waals surface area contributed by atoms with Crippen LogP contribution < -0.4 is 10.3 Å². The molecule has 18 heavy (non-hydrogen) atoms. The molecular formula is C14H16N2O2. The van der Waals surface area contributed by atoms with Crippen molar-refractivity contribution in [1.82, 2.24) is 9.97 Å². The number of rotatable bonds is 4. The molecule has 2 aromatic rings. The standard InChI is InChI=1S/C14H16N2O2/c1-3-6-13-15-11(9-14(17)16-13)10-7-4-5-8-12(10)18-2/h4-5,7-9H,3,6H2,1-2H3,(H,15,16,17). The minimum Gasteiger partial charge on any atom is -0.496 e. The Morgan fingerprint density at radius 3 is 2.83 bits per heavy atom. The van der Waals surface area contributed by atoms with E-state index in [9.17, 15) is 4.79 Å². The van der Waals surface area contributed by atoms with Gasteiger partial charge >= 0.3 is 0 Å². The highest BCUT2D eigenvalue weighted by Gasteiger charge is 2.08. The van der Waals surface area contributed by atoms with Gasteiger partial charge in [-0.05, 0) is 18.6 Å². The second-order valence-corrected chi connectivity index (χ2v) is 4.03. The zero-order chi connectivity index (χ0) is 13.0. The maximum Gasteiger partial charge on any atom is 0.251 e. The van der Waals surface area contributed by atoms with E-state index in [1.807, 2.05) is 24.3 Å². The van der Waals surface area contributed by atoms with Gasteiger partial charge in [0.25, 0.3) is 5.56 Å². The quantitative estimate of drug-likeness (QED) is 0.898. The maximum absolute atomic E-state index is 11.6. The first-order chi connectivity index (χ1) is 8.74. The molecule has 0 aliphatic heterocycles. The lowest BCUT2D eigenvalue weighted by molar-refractivity contribution is 0.416. The molecule has 0 radical (unpaired) electrons. The summed E-state index contributed by atoms with van der Waals surface area (Å²) in [6, 6.07) is 9.05. The lowest BCUT2D eigenvalue weighted by atomic mass is 10.1. The van der Waals surface area contributed by atoms with Crippen LogP contribution in [-0.2, 0) is 6.42 Å². The Labute approximate surface area is 106 Å². The van der Waals surface area contributed by atoms with Gasteiger partial charge < -0.3 is 9.72 Å². The number of para-hydroxylation sites is 1. The third-order valence-electron chi connectivity index (χ3n) is 2.66. The first kappa shape index (κ1) is 12.4. The summed E-state index contributed by atoms with van der Waals surface area (Å²) in [4.78, 5) is 18.8. The average Bonchev–Trinajstić information content (AvgIpc) is 2.38. The summed E-state index contributed by atoms with van der Waals surface area (Å²) in [6.07, 6.45) is 1.70. The van der Waals surface area contributed by atoms with Gasteiger partial charge in [0.15, 0.2) is 0 Å². The molecule has 94 valence electrons. The summed E-state index contributed by atoms with van der Waals surface area (Å²) in [5.41, 5.74) is 1.36. The molecular weight excluding hydrogens is 228 g/mol. The molecule has 4 nitrogen and oxygen atoms in total. The van der Waals surface area contributed by atoms with Gasteiger partial charge in [-0.1, -0.05) is 19.1 Å². The monoisotopic (exact) mass is 244 g/mol. The highest BCUT2D eigenvalue weighted by Crippen LogP contribution is 2.27. The molecule has 0 bridgehead atoms. The van der Waals surface area contributed by atoms with Crippen molar-refractivity contribution in [2.24, 2.45) is 0 Å². The van der Waals surface area contributed by atoms with Crippen molar-refractivity contribution in [1.29, 1.82) is 0 Å². The summed E-state index contributed by atoms with van der Waals surface area (Å²) in [7, 11) is 1.61. The van der Waals surface area contributed by atoms with Crippen molar-refractivity contribution in [2.45, 2.75) is 19.8 Å². The van der Waals surface area contributed by atoms with E-state index in [4.69, 9.17) is 4.74 Å². The van der Waals surface area contributed by atoms with E-state index in [1.54, 1.807) is 7.11 Å². The molecule has 0 aliphatic rings. The largest absolute Gasteiger partial charge is 0.496 e. The fraction of sp³-hybridized carbons (Fsp3) is 0.286. The first-order valence-corrected chi connectivity index (χ1v) is 5.98. The molecule has 1 N–H and O–H groups in total. The fourth-order valence-electron chi connectivity index (χ4n) is 1.86. The smallest absolute Gasteiger partial charge is 0.251 e. The van der Waals surface area contributed by atoms with E-state index < -0.39 is 0 Å². The maximum atomic E-state index is 11.6. The number of nitrogens with zero attached hydrogens (tertiary/aromatic N) is 1. The van der Waals surface area contributed by atoms with Crippen LogP contribution in [0.15, 0.2) is 35.1 Å². The molecule has 1 aromatic carbocycles. The van der Waals surface area contributed by atoms with Gasteiger partial charge in [-0.2, -0.15) is 0 Å². The van der Waals surface area contributed by atoms with Gasteiger partial charge in [0.2, 0.25) is 0 Å². The number of hydrogen-bond acceptors (Lipinski definition) is 3. The third kappa shape index (κ3) is 2.59. The molecule has 0 spiro atoms. The van der Waals surface area contributed by atoms with Crippen LogP contribution in [0.2, 0.25) is 0 Å². The van der Waals surface area contributed by atoms with E-state index in [0.717, 1.165) is 24.2 Å². The Balaban J connectivity index is 2.53. The average molecular weight is 244 g/mol. The summed E-state index contributed by atoms with van der Waals surface area (Å²) in [6.45, 7) is 2.05. The molecule has 0 unspecified atom stereocenters. The van der Waals surface area contributed by atoms with Crippen molar-refractivity contribution in [3.05, 3.63) is 46.5 Å². The van der Waals surface area contributed by atoms with Crippen LogP contribution in [-0.4, -0.2) is 17.1 Å². The molecule has 0 saturated heterocycles. The molecule has 1 heterocycles. The van der Waals surface area contributed by atoms with Gasteiger partial charge in [-0.3, -0.25) is 4.79 Å². The molecule has 2 rings (SSSR count). The number of H-pyrrole nitrogens is 1. The van der Waals surface area contributed by atoms with Crippen LogP contribution in [0.4, 0.5) is 0 Å². The second-order valence-electron chi connectivity index (χ2n) is 4.03. The number of aromatic amines is 1. The van der Waals surface area contributed by atoms with Crippen molar-refractivity contribution in [3.8, 4) is 17.0 Å². The molecule has 1 aromatic heterocycles. The van der Waals surface area contributed by atoms with Crippen LogP contribution in [0.3, 0.4) is 0 Å². The minimum atomic E-state index is -0.130. The molecule has 4 heteroatoms. The predicted octanol–water partition coefficient (Wildman–Crippen LogP) is 2.40. The lowest BCUT2D eigenvalue weighted by Crippen LogP contribution is -2.11. The van der Waals surface area contributed by atoms with Crippen LogP contribution in [0, 0.1) is 0 Å². The summed E-state index contributed by atoms with van der Waals surface area (Å²) in [5, 5.41) is 0. The van der Waals surface area contributed by atoms with E-state index in [0.29, 0.717) is 11.5 Å². The lowest BCUT2D eigenvalue weighted by Gasteiger charge is -2.08. The highest BCUT2D eigenvalue weighted by atomic mass is 16.5. The Morgan fingerprint density at radius 2 is 2.11 bits per heavy atom. The first-order valence-electron chi connectivity index (χ1n) is 5.98. The summed E-state index contributed by atoms with van der Waals surface area (Å²) >= 11 is 0. The Morgan fingerprint density at radius 1 is 1.33 bits per heavy atom. The summed E-state index contributed by atoms with van der Waals surface area (Å²) in [5.74, 6) is 1.43. The topological polar surface area (TPSA) is 55.0 Å². The zero-order valence-corrected chi connectivity index (χ0v) is 10.6. The molecule has 0 atom stereocenters. The zero-order valence-electron chi connectivity index (χ0n) is 10.6. The van der Waals surface area contributed by atoms with Gasteiger partial charge in [0.1, 0.15) is 11.6 Å². The molecule has 0 saturated carbocycles. The molecule has 0 fully saturated rings. The van der Waals surface area contributed by atoms with Gasteiger partial charge in [0, 0.05) is 18.1 Å². The van der Waals surface area contributed by atoms with Crippen LogP contribution in [0.1, 0.15) is 19.2 Å². The van der Waals surface area contributed by atoms with Crippen LogP contribution >= 0.6 is 0 Å².